The standard InChI is InChI=1S/C13H27N3O3S.HI/c1-3-14-13(15-9-4-10-20(2,18)19)16-11-5-7-12(17)8-6-11;/h11-12,17H,3-10H2,1-2H3,(H2,14,15,16);1H. The summed E-state index contributed by atoms with van der Waals surface area (Å²) in [5.41, 5.74) is 0. The molecule has 1 fully saturated rings. The summed E-state index contributed by atoms with van der Waals surface area (Å²) in [6.45, 7) is 3.27. The van der Waals surface area contributed by atoms with E-state index in [2.05, 4.69) is 15.6 Å². The first kappa shape index (κ1) is 20.9. The summed E-state index contributed by atoms with van der Waals surface area (Å²) in [5.74, 6) is 0.910. The van der Waals surface area contributed by atoms with E-state index in [4.69, 9.17) is 0 Å². The van der Waals surface area contributed by atoms with Crippen LogP contribution in [0.4, 0.5) is 0 Å². The molecule has 0 aromatic carbocycles. The van der Waals surface area contributed by atoms with Gasteiger partial charge in [-0.05, 0) is 39.0 Å². The van der Waals surface area contributed by atoms with Gasteiger partial charge in [0.1, 0.15) is 9.84 Å². The number of nitrogens with zero attached hydrogens (tertiary/aromatic N) is 1. The third-order valence-corrected chi connectivity index (χ3v) is 4.36. The van der Waals surface area contributed by atoms with E-state index in [9.17, 15) is 13.5 Å². The third-order valence-electron chi connectivity index (χ3n) is 3.32. The highest BCUT2D eigenvalue weighted by Crippen LogP contribution is 2.18. The lowest BCUT2D eigenvalue weighted by atomic mass is 9.93. The first-order valence-electron chi connectivity index (χ1n) is 7.31. The Hall–Kier alpha value is -0.0900. The van der Waals surface area contributed by atoms with Crippen LogP contribution in [0.1, 0.15) is 39.0 Å². The van der Waals surface area contributed by atoms with Gasteiger partial charge in [-0.1, -0.05) is 0 Å². The van der Waals surface area contributed by atoms with Crippen molar-refractivity contribution < 1.29 is 13.5 Å². The number of sulfone groups is 1. The highest BCUT2D eigenvalue weighted by Gasteiger charge is 2.19. The molecule has 0 aromatic heterocycles. The molecular formula is C13H28IN3O3S. The van der Waals surface area contributed by atoms with E-state index in [1.165, 1.54) is 6.26 Å². The van der Waals surface area contributed by atoms with Crippen molar-refractivity contribution in [3.8, 4) is 0 Å². The number of aliphatic hydroxyl groups is 1. The van der Waals surface area contributed by atoms with E-state index >= 15 is 0 Å². The van der Waals surface area contributed by atoms with Crippen molar-refractivity contribution >= 4 is 39.8 Å². The van der Waals surface area contributed by atoms with Gasteiger partial charge in [-0.3, -0.25) is 4.99 Å². The molecule has 0 saturated heterocycles. The molecule has 0 heterocycles. The van der Waals surface area contributed by atoms with Crippen LogP contribution in [-0.2, 0) is 9.84 Å². The Morgan fingerprint density at radius 3 is 2.43 bits per heavy atom. The van der Waals surface area contributed by atoms with Gasteiger partial charge in [0.15, 0.2) is 5.96 Å². The summed E-state index contributed by atoms with van der Waals surface area (Å²) in [5, 5.41) is 16.0. The van der Waals surface area contributed by atoms with Crippen molar-refractivity contribution in [3.05, 3.63) is 0 Å². The van der Waals surface area contributed by atoms with Crippen molar-refractivity contribution in [2.24, 2.45) is 4.99 Å². The Kier molecular flexibility index (Phi) is 10.6. The lowest BCUT2D eigenvalue weighted by Gasteiger charge is -2.27. The van der Waals surface area contributed by atoms with Crippen LogP contribution in [0.3, 0.4) is 0 Å². The fraction of sp³-hybridized carbons (Fsp3) is 0.923. The summed E-state index contributed by atoms with van der Waals surface area (Å²) in [4.78, 5) is 4.40. The van der Waals surface area contributed by atoms with E-state index in [0.717, 1.165) is 38.2 Å². The second kappa shape index (κ2) is 10.6. The minimum Gasteiger partial charge on any atom is -0.393 e. The fourth-order valence-electron chi connectivity index (χ4n) is 2.25. The SMILES string of the molecule is CCNC(=NCCCS(C)(=O)=O)NC1CCC(O)CC1.I. The van der Waals surface area contributed by atoms with E-state index in [0.29, 0.717) is 19.0 Å². The summed E-state index contributed by atoms with van der Waals surface area (Å²) in [6.07, 6.45) is 5.15. The van der Waals surface area contributed by atoms with E-state index in [-0.39, 0.29) is 35.8 Å². The maximum absolute atomic E-state index is 11.0. The molecule has 1 rings (SSSR count). The zero-order valence-corrected chi connectivity index (χ0v) is 16.0. The highest BCUT2D eigenvalue weighted by atomic mass is 127. The molecule has 0 atom stereocenters. The normalized spacial score (nSPS) is 23.3. The molecule has 0 aromatic rings. The molecule has 0 radical (unpaired) electrons. The summed E-state index contributed by atoms with van der Waals surface area (Å²) < 4.78 is 22.1. The summed E-state index contributed by atoms with van der Waals surface area (Å²) in [6, 6.07) is 0.339. The maximum atomic E-state index is 11.0. The number of guanidine groups is 1. The molecule has 6 nitrogen and oxygen atoms in total. The molecule has 0 unspecified atom stereocenters. The molecule has 21 heavy (non-hydrogen) atoms. The monoisotopic (exact) mass is 433 g/mol. The molecule has 0 bridgehead atoms. The maximum Gasteiger partial charge on any atom is 0.191 e. The van der Waals surface area contributed by atoms with Gasteiger partial charge in [0, 0.05) is 25.4 Å². The van der Waals surface area contributed by atoms with E-state index in [1.807, 2.05) is 6.92 Å². The van der Waals surface area contributed by atoms with Gasteiger partial charge in [0.25, 0.3) is 0 Å². The minimum atomic E-state index is -2.91. The van der Waals surface area contributed by atoms with E-state index in [1.54, 1.807) is 0 Å². The first-order chi connectivity index (χ1) is 9.40. The predicted molar refractivity (Wildman–Crippen MR) is 97.1 cm³/mol. The highest BCUT2D eigenvalue weighted by molar-refractivity contribution is 14.0. The zero-order valence-electron chi connectivity index (χ0n) is 12.8. The molecule has 0 amide bonds. The predicted octanol–water partition coefficient (Wildman–Crippen LogP) is 0.898. The molecule has 0 aliphatic heterocycles. The van der Waals surface area contributed by atoms with Crippen LogP contribution in [0.2, 0.25) is 0 Å². The van der Waals surface area contributed by atoms with Crippen LogP contribution >= 0.6 is 24.0 Å². The molecule has 1 saturated carbocycles. The molecule has 1 aliphatic rings. The van der Waals surface area contributed by atoms with Gasteiger partial charge in [-0.2, -0.15) is 0 Å². The number of aliphatic hydroxyl groups excluding tert-OH is 1. The van der Waals surface area contributed by atoms with Crippen molar-refractivity contribution in [1.29, 1.82) is 0 Å². The number of hydrogen-bond donors (Lipinski definition) is 3. The summed E-state index contributed by atoms with van der Waals surface area (Å²) >= 11 is 0. The quantitative estimate of drug-likeness (QED) is 0.251. The third kappa shape index (κ3) is 10.3. The Balaban J connectivity index is 0.00000400. The lowest BCUT2D eigenvalue weighted by molar-refractivity contribution is 0.120. The van der Waals surface area contributed by atoms with Gasteiger partial charge in [-0.15, -0.1) is 24.0 Å². The van der Waals surface area contributed by atoms with Crippen LogP contribution in [0.5, 0.6) is 0 Å². The second-order valence-corrected chi connectivity index (χ2v) is 7.65. The van der Waals surface area contributed by atoms with Crippen molar-refractivity contribution in [1.82, 2.24) is 10.6 Å². The molecule has 8 heteroatoms. The smallest absolute Gasteiger partial charge is 0.191 e. The molecule has 1 aliphatic carbocycles. The van der Waals surface area contributed by atoms with Gasteiger partial charge >= 0.3 is 0 Å². The number of hydrogen-bond acceptors (Lipinski definition) is 4. The Bertz CT molecular complexity index is 407. The number of nitrogens with one attached hydrogen (secondary N) is 2. The van der Waals surface area contributed by atoms with Crippen LogP contribution in [0.15, 0.2) is 4.99 Å². The van der Waals surface area contributed by atoms with Gasteiger partial charge in [0.2, 0.25) is 0 Å². The minimum absolute atomic E-state index is 0. The number of halogens is 1. The first-order valence-corrected chi connectivity index (χ1v) is 9.37. The van der Waals surface area contributed by atoms with Crippen LogP contribution in [0.25, 0.3) is 0 Å². The van der Waals surface area contributed by atoms with Crippen molar-refractivity contribution in [2.75, 3.05) is 25.1 Å². The average molecular weight is 433 g/mol. The molecule has 3 N–H and O–H groups in total. The van der Waals surface area contributed by atoms with Crippen molar-refractivity contribution in [3.63, 3.8) is 0 Å². The Labute approximate surface area is 145 Å². The van der Waals surface area contributed by atoms with Crippen LogP contribution in [0, 0.1) is 0 Å². The van der Waals surface area contributed by atoms with Gasteiger partial charge in [-0.25, -0.2) is 8.42 Å². The van der Waals surface area contributed by atoms with Gasteiger partial charge < -0.3 is 15.7 Å². The number of rotatable bonds is 6. The number of aliphatic imine (C=N–C) groups is 1. The average Bonchev–Trinajstić information content (AvgIpc) is 2.36. The second-order valence-electron chi connectivity index (χ2n) is 5.39. The topological polar surface area (TPSA) is 90.8 Å². The van der Waals surface area contributed by atoms with E-state index < -0.39 is 9.84 Å². The van der Waals surface area contributed by atoms with Crippen LogP contribution in [-0.4, -0.2) is 56.7 Å². The Morgan fingerprint density at radius 1 is 1.29 bits per heavy atom. The zero-order chi connectivity index (χ0) is 15.0. The van der Waals surface area contributed by atoms with Crippen molar-refractivity contribution in [2.45, 2.75) is 51.2 Å². The fourth-order valence-corrected chi connectivity index (χ4v) is 2.90. The largest absolute Gasteiger partial charge is 0.393 e. The van der Waals surface area contributed by atoms with Gasteiger partial charge in [0.05, 0.1) is 11.9 Å². The molecule has 126 valence electrons. The Morgan fingerprint density at radius 2 is 1.90 bits per heavy atom. The molecule has 0 spiro atoms. The van der Waals surface area contributed by atoms with Crippen LogP contribution < -0.4 is 10.6 Å². The molecular weight excluding hydrogens is 405 g/mol. The lowest BCUT2D eigenvalue weighted by Crippen LogP contribution is -2.45. The summed E-state index contributed by atoms with van der Waals surface area (Å²) in [7, 11) is -2.91.